The van der Waals surface area contributed by atoms with Gasteiger partial charge in [0.2, 0.25) is 0 Å². The van der Waals surface area contributed by atoms with Gasteiger partial charge in [-0.3, -0.25) is 4.99 Å². The second kappa shape index (κ2) is 10.8. The highest BCUT2D eigenvalue weighted by molar-refractivity contribution is 14.0. The summed E-state index contributed by atoms with van der Waals surface area (Å²) in [6.45, 7) is 5.09. The summed E-state index contributed by atoms with van der Waals surface area (Å²) in [4.78, 5) is 11.8. The lowest BCUT2D eigenvalue weighted by Crippen LogP contribution is -2.40. The van der Waals surface area contributed by atoms with Crippen LogP contribution in [0.25, 0.3) is 0 Å². The molecule has 1 aromatic heterocycles. The lowest BCUT2D eigenvalue weighted by molar-refractivity contribution is 0.340. The second-order valence-corrected chi connectivity index (χ2v) is 7.17. The molecule has 3 rings (SSSR count). The topological polar surface area (TPSA) is 40.5 Å². The van der Waals surface area contributed by atoms with Crippen LogP contribution in [-0.2, 0) is 6.42 Å². The van der Waals surface area contributed by atoms with Gasteiger partial charge in [-0.1, -0.05) is 18.2 Å². The number of aryl methyl sites for hydroxylation is 2. The third kappa shape index (κ3) is 6.58. The zero-order valence-electron chi connectivity index (χ0n) is 14.8. The number of para-hydroxylation sites is 1. The normalized spacial score (nSPS) is 14.9. The molecule has 1 N–H and O–H groups in total. The molecule has 0 atom stereocenters. The maximum atomic E-state index is 4.87. The summed E-state index contributed by atoms with van der Waals surface area (Å²) >= 11 is 1.75. The average molecular weight is 470 g/mol. The molecule has 0 aliphatic carbocycles. The van der Waals surface area contributed by atoms with Crippen LogP contribution in [0.1, 0.15) is 36.4 Å². The number of nitrogens with one attached hydrogen (secondary N) is 1. The fourth-order valence-electron chi connectivity index (χ4n) is 2.91. The molecule has 0 bridgehead atoms. The van der Waals surface area contributed by atoms with Crippen molar-refractivity contribution in [1.29, 1.82) is 0 Å². The number of piperidine rings is 1. The first-order valence-corrected chi connectivity index (χ1v) is 9.72. The van der Waals surface area contributed by atoms with E-state index in [2.05, 4.69) is 51.8 Å². The largest absolute Gasteiger partial charge is 0.343 e. The molecular weight excluding hydrogens is 443 g/mol. The van der Waals surface area contributed by atoms with E-state index in [9.17, 15) is 0 Å². The van der Waals surface area contributed by atoms with Crippen molar-refractivity contribution in [3.63, 3.8) is 0 Å². The first-order chi connectivity index (χ1) is 11.8. The van der Waals surface area contributed by atoms with Crippen LogP contribution in [0.5, 0.6) is 0 Å². The second-order valence-electron chi connectivity index (χ2n) is 6.23. The van der Waals surface area contributed by atoms with Gasteiger partial charge in [-0.05, 0) is 44.7 Å². The molecule has 2 aromatic rings. The molecule has 4 nitrogen and oxygen atoms in total. The number of nitrogens with zero attached hydrogens (tertiary/aromatic N) is 3. The first-order valence-electron chi connectivity index (χ1n) is 8.84. The first kappa shape index (κ1) is 20.2. The van der Waals surface area contributed by atoms with Crippen LogP contribution in [0.15, 0.2) is 40.7 Å². The van der Waals surface area contributed by atoms with Crippen LogP contribution in [0.4, 0.5) is 5.69 Å². The third-order valence-corrected chi connectivity index (χ3v) is 5.19. The number of hydrogen-bond donors (Lipinski definition) is 1. The highest BCUT2D eigenvalue weighted by Gasteiger charge is 2.14. The van der Waals surface area contributed by atoms with Crippen molar-refractivity contribution in [3.8, 4) is 0 Å². The molecule has 1 saturated heterocycles. The number of halogens is 1. The Bertz CT molecular complexity index is 650. The van der Waals surface area contributed by atoms with Crippen LogP contribution < -0.4 is 5.32 Å². The van der Waals surface area contributed by atoms with Crippen LogP contribution in [0.2, 0.25) is 0 Å². The number of benzene rings is 1. The van der Waals surface area contributed by atoms with Crippen molar-refractivity contribution in [2.75, 3.05) is 25.0 Å². The lowest BCUT2D eigenvalue weighted by atomic mass is 10.1. The number of guanidine groups is 1. The molecule has 6 heteroatoms. The van der Waals surface area contributed by atoms with Crippen molar-refractivity contribution in [2.45, 2.75) is 39.0 Å². The van der Waals surface area contributed by atoms with E-state index < -0.39 is 0 Å². The predicted octanol–water partition coefficient (Wildman–Crippen LogP) is 4.96. The maximum Gasteiger partial charge on any atom is 0.198 e. The number of anilines is 1. The van der Waals surface area contributed by atoms with E-state index in [1.807, 2.05) is 6.07 Å². The summed E-state index contributed by atoms with van der Waals surface area (Å²) in [5.74, 6) is 1.02. The van der Waals surface area contributed by atoms with E-state index in [1.54, 1.807) is 11.3 Å². The molecule has 0 radical (unpaired) electrons. The molecule has 0 amide bonds. The van der Waals surface area contributed by atoms with Crippen LogP contribution in [0.3, 0.4) is 0 Å². The van der Waals surface area contributed by atoms with Crippen LogP contribution in [-0.4, -0.2) is 35.5 Å². The van der Waals surface area contributed by atoms with Crippen LogP contribution >= 0.6 is 35.3 Å². The molecule has 1 aliphatic heterocycles. The smallest absolute Gasteiger partial charge is 0.198 e. The Morgan fingerprint density at radius 2 is 1.96 bits per heavy atom. The number of thiazole rings is 1. The highest BCUT2D eigenvalue weighted by atomic mass is 127. The summed E-state index contributed by atoms with van der Waals surface area (Å²) in [6.07, 6.45) is 5.90. The lowest BCUT2D eigenvalue weighted by Gasteiger charge is -2.30. The van der Waals surface area contributed by atoms with Crippen molar-refractivity contribution >= 4 is 47.0 Å². The Balaban J connectivity index is 0.00000225. The average Bonchev–Trinajstić information content (AvgIpc) is 3.04. The fraction of sp³-hybridized carbons (Fsp3) is 0.474. The van der Waals surface area contributed by atoms with E-state index in [4.69, 9.17) is 4.99 Å². The zero-order chi connectivity index (χ0) is 16.6. The fourth-order valence-corrected chi connectivity index (χ4v) is 3.73. The Labute approximate surface area is 171 Å². The quantitative estimate of drug-likeness (QED) is 0.291. The van der Waals surface area contributed by atoms with Crippen LogP contribution in [0, 0.1) is 6.92 Å². The van der Waals surface area contributed by atoms with Gasteiger partial charge in [0.25, 0.3) is 0 Å². The maximum absolute atomic E-state index is 4.87. The molecule has 136 valence electrons. The summed E-state index contributed by atoms with van der Waals surface area (Å²) in [5, 5.41) is 6.85. The Hall–Kier alpha value is -1.15. The molecule has 0 saturated carbocycles. The number of hydrogen-bond acceptors (Lipinski definition) is 3. The number of aliphatic imine (C=N–C) groups is 1. The van der Waals surface area contributed by atoms with Gasteiger partial charge in [-0.2, -0.15) is 0 Å². The van der Waals surface area contributed by atoms with E-state index >= 15 is 0 Å². The van der Waals surface area contributed by atoms with Gasteiger partial charge in [0.15, 0.2) is 5.96 Å². The minimum atomic E-state index is 0. The van der Waals surface area contributed by atoms with Gasteiger partial charge >= 0.3 is 0 Å². The number of likely N-dealkylation sites (tertiary alicyclic amines) is 1. The molecule has 2 heterocycles. The molecule has 0 unspecified atom stereocenters. The summed E-state index contributed by atoms with van der Waals surface area (Å²) in [7, 11) is 0. The molecule has 1 fully saturated rings. The monoisotopic (exact) mass is 470 g/mol. The number of rotatable bonds is 5. The van der Waals surface area contributed by atoms with E-state index in [0.29, 0.717) is 0 Å². The molecular formula is C19H27IN4S. The van der Waals surface area contributed by atoms with Crippen molar-refractivity contribution in [1.82, 2.24) is 9.88 Å². The van der Waals surface area contributed by atoms with E-state index in [-0.39, 0.29) is 24.0 Å². The summed E-state index contributed by atoms with van der Waals surface area (Å²) in [6, 6.07) is 10.3. The highest BCUT2D eigenvalue weighted by Crippen LogP contribution is 2.14. The van der Waals surface area contributed by atoms with Gasteiger partial charge < -0.3 is 10.2 Å². The Morgan fingerprint density at radius 1 is 1.20 bits per heavy atom. The van der Waals surface area contributed by atoms with Gasteiger partial charge in [0, 0.05) is 42.8 Å². The Kier molecular flexibility index (Phi) is 8.67. The van der Waals surface area contributed by atoms with Crippen molar-refractivity contribution < 1.29 is 0 Å². The Morgan fingerprint density at radius 3 is 2.64 bits per heavy atom. The third-order valence-electron chi connectivity index (χ3n) is 4.16. The van der Waals surface area contributed by atoms with Gasteiger partial charge in [-0.25, -0.2) is 4.98 Å². The number of aromatic nitrogens is 1. The summed E-state index contributed by atoms with van der Waals surface area (Å²) < 4.78 is 0. The van der Waals surface area contributed by atoms with Gasteiger partial charge in [0.1, 0.15) is 0 Å². The molecule has 1 aliphatic rings. The van der Waals surface area contributed by atoms with Gasteiger partial charge in [-0.15, -0.1) is 35.3 Å². The minimum absolute atomic E-state index is 0. The standard InChI is InChI=1S/C19H26N4S.HI/c1-16-15-24-18(21-16)11-8-12-20-19(23-13-6-3-7-14-23)22-17-9-4-2-5-10-17;/h2,4-5,9-10,15H,3,6-8,11-14H2,1H3,(H,20,22);1H. The zero-order valence-corrected chi connectivity index (χ0v) is 17.9. The van der Waals surface area contributed by atoms with Crippen molar-refractivity contribution in [2.24, 2.45) is 4.99 Å². The van der Waals surface area contributed by atoms with E-state index in [1.165, 1.54) is 24.3 Å². The predicted molar refractivity (Wildman–Crippen MR) is 118 cm³/mol. The van der Waals surface area contributed by atoms with E-state index in [0.717, 1.165) is 49.8 Å². The molecule has 25 heavy (non-hydrogen) atoms. The molecule has 0 spiro atoms. The van der Waals surface area contributed by atoms with Crippen molar-refractivity contribution in [3.05, 3.63) is 46.4 Å². The van der Waals surface area contributed by atoms with Gasteiger partial charge in [0.05, 0.1) is 5.01 Å². The minimum Gasteiger partial charge on any atom is -0.343 e. The summed E-state index contributed by atoms with van der Waals surface area (Å²) in [5.41, 5.74) is 2.23. The molecule has 1 aromatic carbocycles. The SMILES string of the molecule is Cc1csc(CCCN=C(Nc2ccccc2)N2CCCCC2)n1.I.